The molecule has 0 unspecified atom stereocenters. The molecule has 2 heterocycles. The number of aliphatic hydroxyl groups excluding tert-OH is 1. The highest BCUT2D eigenvalue weighted by Crippen LogP contribution is 2.37. The Kier molecular flexibility index (Phi) is 6.42. The van der Waals surface area contributed by atoms with Crippen LogP contribution >= 0.6 is 0 Å². The van der Waals surface area contributed by atoms with Crippen LogP contribution in [0.15, 0.2) is 72.8 Å². The quantitative estimate of drug-likeness (QED) is 0.414. The maximum absolute atomic E-state index is 13.0. The number of imidazole rings is 1. The number of benzene rings is 3. The lowest BCUT2D eigenvalue weighted by molar-refractivity contribution is -0.117. The summed E-state index contributed by atoms with van der Waals surface area (Å²) >= 11 is 0. The summed E-state index contributed by atoms with van der Waals surface area (Å²) in [5, 5.41) is 10.9. The van der Waals surface area contributed by atoms with Crippen molar-refractivity contribution in [3.05, 3.63) is 84.2 Å². The van der Waals surface area contributed by atoms with Gasteiger partial charge < -0.3 is 24.0 Å². The number of aromatic nitrogens is 2. The zero-order chi connectivity index (χ0) is 24.4. The van der Waals surface area contributed by atoms with Crippen molar-refractivity contribution in [1.82, 2.24) is 9.55 Å². The summed E-state index contributed by atoms with van der Waals surface area (Å²) in [6, 6.07) is 23.2. The molecule has 3 aromatic carbocycles. The lowest BCUT2D eigenvalue weighted by atomic mass is 10.1. The first-order chi connectivity index (χ1) is 17.0. The summed E-state index contributed by atoms with van der Waals surface area (Å²) in [7, 11) is 1.61. The molecule has 0 bridgehead atoms. The van der Waals surface area contributed by atoms with Gasteiger partial charge >= 0.3 is 0 Å². The number of hydrogen-bond acceptors (Lipinski definition) is 5. The third-order valence-electron chi connectivity index (χ3n) is 6.38. The number of amides is 1. The molecule has 1 aromatic heterocycles. The van der Waals surface area contributed by atoms with E-state index in [1.54, 1.807) is 12.0 Å². The molecule has 5 rings (SSSR count). The predicted molar refractivity (Wildman–Crippen MR) is 135 cm³/mol. The molecular formula is C28H29N3O4. The van der Waals surface area contributed by atoms with Gasteiger partial charge in [-0.2, -0.15) is 0 Å². The van der Waals surface area contributed by atoms with E-state index in [1.807, 2.05) is 84.3 Å². The topological polar surface area (TPSA) is 76.8 Å². The minimum Gasteiger partial charge on any atom is -0.495 e. The number of aryl methyl sites for hydroxylation is 1. The first kappa shape index (κ1) is 22.9. The maximum Gasteiger partial charge on any atom is 0.227 e. The average Bonchev–Trinajstić information content (AvgIpc) is 3.43. The van der Waals surface area contributed by atoms with E-state index in [2.05, 4.69) is 0 Å². The van der Waals surface area contributed by atoms with Crippen LogP contribution in [0.4, 0.5) is 5.69 Å². The zero-order valence-electron chi connectivity index (χ0n) is 19.9. The Morgan fingerprint density at radius 1 is 1.09 bits per heavy atom. The van der Waals surface area contributed by atoms with E-state index in [0.717, 1.165) is 33.9 Å². The van der Waals surface area contributed by atoms with Crippen LogP contribution in [0.1, 0.15) is 23.7 Å². The maximum atomic E-state index is 13.0. The summed E-state index contributed by atoms with van der Waals surface area (Å²) in [5.74, 6) is 2.12. The molecule has 7 heteroatoms. The second-order valence-corrected chi connectivity index (χ2v) is 8.93. The van der Waals surface area contributed by atoms with Gasteiger partial charge in [-0.3, -0.25) is 4.79 Å². The Labute approximate surface area is 204 Å². The van der Waals surface area contributed by atoms with Gasteiger partial charge in [0, 0.05) is 18.9 Å². The number of ether oxygens (including phenoxy) is 2. The highest BCUT2D eigenvalue weighted by atomic mass is 16.5. The number of rotatable bonds is 8. The van der Waals surface area contributed by atoms with Crippen LogP contribution in [-0.4, -0.2) is 46.9 Å². The van der Waals surface area contributed by atoms with Crippen LogP contribution in [0.2, 0.25) is 0 Å². The smallest absolute Gasteiger partial charge is 0.227 e. The number of fused-ring (bicyclic) bond motifs is 1. The molecule has 0 saturated carbocycles. The second kappa shape index (κ2) is 9.80. The number of carbonyl (C=O) groups is 1. The fourth-order valence-corrected chi connectivity index (χ4v) is 4.72. The summed E-state index contributed by atoms with van der Waals surface area (Å²) in [6.45, 7) is 2.98. The van der Waals surface area contributed by atoms with Crippen molar-refractivity contribution >= 4 is 22.6 Å². The van der Waals surface area contributed by atoms with E-state index in [4.69, 9.17) is 14.5 Å². The second-order valence-electron chi connectivity index (χ2n) is 8.93. The van der Waals surface area contributed by atoms with Crippen LogP contribution in [0.25, 0.3) is 11.0 Å². The summed E-state index contributed by atoms with van der Waals surface area (Å²) in [6.07, 6.45) is -0.397. The molecular weight excluding hydrogens is 442 g/mol. The SMILES string of the molecule is COc1ccccc1N1C[C@H](c2nc3ccccc3n2C[C@H](O)COc2cccc(C)c2)CC1=O. The largest absolute Gasteiger partial charge is 0.495 e. The number of hydrogen-bond donors (Lipinski definition) is 1. The van der Waals surface area contributed by atoms with Crippen LogP contribution in [-0.2, 0) is 11.3 Å². The number of carbonyl (C=O) groups excluding carboxylic acids is 1. The van der Waals surface area contributed by atoms with E-state index >= 15 is 0 Å². The molecule has 7 nitrogen and oxygen atoms in total. The van der Waals surface area contributed by atoms with Gasteiger partial charge in [0.05, 0.1) is 30.4 Å². The van der Waals surface area contributed by atoms with E-state index < -0.39 is 6.10 Å². The van der Waals surface area contributed by atoms with Gasteiger partial charge in [0.15, 0.2) is 0 Å². The zero-order valence-corrected chi connectivity index (χ0v) is 19.9. The highest BCUT2D eigenvalue weighted by Gasteiger charge is 2.36. The third kappa shape index (κ3) is 4.72. The third-order valence-corrected chi connectivity index (χ3v) is 6.38. The normalized spacial score (nSPS) is 16.6. The molecule has 0 radical (unpaired) electrons. The number of nitrogens with zero attached hydrogens (tertiary/aromatic N) is 3. The lowest BCUT2D eigenvalue weighted by Crippen LogP contribution is -2.26. The van der Waals surface area contributed by atoms with Crippen molar-refractivity contribution in [2.45, 2.75) is 31.9 Å². The average molecular weight is 472 g/mol. The van der Waals surface area contributed by atoms with Crippen LogP contribution in [0.5, 0.6) is 11.5 Å². The van der Waals surface area contributed by atoms with Gasteiger partial charge in [-0.15, -0.1) is 0 Å². The van der Waals surface area contributed by atoms with E-state index in [9.17, 15) is 9.90 Å². The standard InChI is InChI=1S/C28H29N3O4/c1-19-8-7-9-22(14-19)35-18-21(32)17-31-24-11-4-3-10-23(24)29-28(31)20-15-27(33)30(16-20)25-12-5-6-13-26(25)34-2/h3-14,20-21,32H,15-18H2,1-2H3/t20-,21+/m1/s1. The van der Waals surface area contributed by atoms with Crippen molar-refractivity contribution in [2.24, 2.45) is 0 Å². The molecule has 180 valence electrons. The van der Waals surface area contributed by atoms with Crippen molar-refractivity contribution in [3.8, 4) is 11.5 Å². The van der Waals surface area contributed by atoms with Crippen LogP contribution < -0.4 is 14.4 Å². The molecule has 2 atom stereocenters. The minimum absolute atomic E-state index is 0.0291. The van der Waals surface area contributed by atoms with Gasteiger partial charge in [-0.25, -0.2) is 4.98 Å². The van der Waals surface area contributed by atoms with Crippen molar-refractivity contribution in [1.29, 1.82) is 0 Å². The molecule has 0 aliphatic carbocycles. The summed E-state index contributed by atoms with van der Waals surface area (Å²) in [4.78, 5) is 19.7. The van der Waals surface area contributed by atoms with E-state index in [0.29, 0.717) is 25.3 Å². The molecule has 1 aliphatic heterocycles. The van der Waals surface area contributed by atoms with Gasteiger partial charge in [0.1, 0.15) is 30.0 Å². The number of para-hydroxylation sites is 4. The molecule has 1 saturated heterocycles. The Balaban J connectivity index is 1.39. The molecule has 1 fully saturated rings. The monoisotopic (exact) mass is 471 g/mol. The van der Waals surface area contributed by atoms with Gasteiger partial charge in [0.2, 0.25) is 5.91 Å². The molecule has 0 spiro atoms. The first-order valence-electron chi connectivity index (χ1n) is 11.8. The predicted octanol–water partition coefficient (Wildman–Crippen LogP) is 4.31. The minimum atomic E-state index is -0.741. The van der Waals surface area contributed by atoms with Gasteiger partial charge in [-0.05, 0) is 48.9 Å². The van der Waals surface area contributed by atoms with E-state index in [1.165, 1.54) is 0 Å². The van der Waals surface area contributed by atoms with Crippen LogP contribution in [0, 0.1) is 6.92 Å². The molecule has 35 heavy (non-hydrogen) atoms. The summed E-state index contributed by atoms with van der Waals surface area (Å²) in [5.41, 5.74) is 3.64. The summed E-state index contributed by atoms with van der Waals surface area (Å²) < 4.78 is 13.3. The fourth-order valence-electron chi connectivity index (χ4n) is 4.72. The molecule has 1 aliphatic rings. The number of anilines is 1. The first-order valence-corrected chi connectivity index (χ1v) is 11.8. The van der Waals surface area contributed by atoms with Crippen molar-refractivity contribution in [2.75, 3.05) is 25.2 Å². The molecule has 1 N–H and O–H groups in total. The van der Waals surface area contributed by atoms with Gasteiger partial charge in [-0.1, -0.05) is 36.4 Å². The molecule has 1 amide bonds. The number of methoxy groups -OCH3 is 1. The fraction of sp³-hybridized carbons (Fsp3) is 0.286. The highest BCUT2D eigenvalue weighted by molar-refractivity contribution is 5.97. The Bertz CT molecular complexity index is 1350. The van der Waals surface area contributed by atoms with Gasteiger partial charge in [0.25, 0.3) is 0 Å². The Hall–Kier alpha value is -3.84. The lowest BCUT2D eigenvalue weighted by Gasteiger charge is -2.20. The molecule has 4 aromatic rings. The van der Waals surface area contributed by atoms with Crippen LogP contribution in [0.3, 0.4) is 0 Å². The number of aliphatic hydroxyl groups is 1. The Morgan fingerprint density at radius 2 is 1.89 bits per heavy atom. The van der Waals surface area contributed by atoms with Crippen molar-refractivity contribution in [3.63, 3.8) is 0 Å². The Morgan fingerprint density at radius 3 is 2.71 bits per heavy atom. The van der Waals surface area contributed by atoms with Crippen molar-refractivity contribution < 1.29 is 19.4 Å². The van der Waals surface area contributed by atoms with E-state index in [-0.39, 0.29) is 18.4 Å².